The predicted octanol–water partition coefficient (Wildman–Crippen LogP) is 3.84. The summed E-state index contributed by atoms with van der Waals surface area (Å²) in [4.78, 5) is 15.2. The molecular formula is C16H18FNO2. The largest absolute Gasteiger partial charge is 0.378 e. The van der Waals surface area contributed by atoms with Crippen LogP contribution in [-0.2, 0) is 4.74 Å². The number of ketones is 1. The number of ether oxygens (including phenoxy) is 1. The first-order valence-corrected chi connectivity index (χ1v) is 7.15. The maximum absolute atomic E-state index is 13.1. The average Bonchev–Trinajstić information content (AvgIpc) is 2.89. The van der Waals surface area contributed by atoms with Gasteiger partial charge in [0.15, 0.2) is 5.78 Å². The number of aromatic nitrogens is 1. The van der Waals surface area contributed by atoms with Gasteiger partial charge in [0.25, 0.3) is 0 Å². The number of Topliss-reactive ketones (excluding diaryl/α,β-unsaturated/α-hetero) is 1. The van der Waals surface area contributed by atoms with Gasteiger partial charge in [0, 0.05) is 35.7 Å². The Labute approximate surface area is 117 Å². The molecule has 3 rings (SSSR count). The molecule has 2 heterocycles. The van der Waals surface area contributed by atoms with Gasteiger partial charge in [-0.05, 0) is 43.9 Å². The van der Waals surface area contributed by atoms with E-state index in [4.69, 9.17) is 4.74 Å². The number of H-pyrrole nitrogens is 1. The lowest BCUT2D eigenvalue weighted by Crippen LogP contribution is -2.19. The van der Waals surface area contributed by atoms with Crippen LogP contribution in [0, 0.1) is 5.82 Å². The van der Waals surface area contributed by atoms with Crippen LogP contribution in [0.3, 0.4) is 0 Å². The summed E-state index contributed by atoms with van der Waals surface area (Å²) in [6.45, 7) is 0.811. The molecule has 1 saturated heterocycles. The van der Waals surface area contributed by atoms with Crippen LogP contribution in [0.5, 0.6) is 0 Å². The van der Waals surface area contributed by atoms with Crippen molar-refractivity contribution in [3.05, 3.63) is 35.8 Å². The summed E-state index contributed by atoms with van der Waals surface area (Å²) in [7, 11) is 0. The van der Waals surface area contributed by atoms with Crippen LogP contribution in [0.25, 0.3) is 10.9 Å². The highest BCUT2D eigenvalue weighted by Gasteiger charge is 2.17. The Kier molecular flexibility index (Phi) is 3.83. The monoisotopic (exact) mass is 275 g/mol. The molecule has 1 N–H and O–H groups in total. The standard InChI is InChI=1S/C16H18FNO2/c17-11-4-6-13-14(10-18-15(13)9-11)16(19)7-5-12-3-1-2-8-20-12/h4,6,9-10,12,18H,1-3,5,7-8H2. The van der Waals surface area contributed by atoms with Crippen molar-refractivity contribution >= 4 is 16.7 Å². The minimum atomic E-state index is -0.297. The Bertz CT molecular complexity index is 614. The van der Waals surface area contributed by atoms with Crippen molar-refractivity contribution in [2.24, 2.45) is 0 Å². The number of hydrogen-bond donors (Lipinski definition) is 1. The van der Waals surface area contributed by atoms with E-state index in [0.717, 1.165) is 31.3 Å². The van der Waals surface area contributed by atoms with Crippen molar-refractivity contribution in [1.82, 2.24) is 4.98 Å². The van der Waals surface area contributed by atoms with E-state index in [1.165, 1.54) is 18.6 Å². The Morgan fingerprint density at radius 1 is 1.40 bits per heavy atom. The van der Waals surface area contributed by atoms with Crippen molar-refractivity contribution in [2.45, 2.75) is 38.2 Å². The Morgan fingerprint density at radius 3 is 3.10 bits per heavy atom. The van der Waals surface area contributed by atoms with Crippen LogP contribution in [-0.4, -0.2) is 23.5 Å². The summed E-state index contributed by atoms with van der Waals surface area (Å²) in [6.07, 6.45) is 6.50. The first-order chi connectivity index (χ1) is 9.74. The van der Waals surface area contributed by atoms with E-state index >= 15 is 0 Å². The molecule has 0 radical (unpaired) electrons. The van der Waals surface area contributed by atoms with E-state index in [-0.39, 0.29) is 17.7 Å². The molecule has 1 unspecified atom stereocenters. The second-order valence-corrected chi connectivity index (χ2v) is 5.34. The molecule has 4 heteroatoms. The first kappa shape index (κ1) is 13.3. The number of nitrogens with one attached hydrogen (secondary N) is 1. The Balaban J connectivity index is 1.69. The van der Waals surface area contributed by atoms with Gasteiger partial charge in [-0.25, -0.2) is 4.39 Å². The number of aromatic amines is 1. The number of rotatable bonds is 4. The molecule has 3 nitrogen and oxygen atoms in total. The number of halogens is 1. The number of carbonyl (C=O) groups is 1. The zero-order valence-corrected chi connectivity index (χ0v) is 11.3. The van der Waals surface area contributed by atoms with Gasteiger partial charge in [0.05, 0.1) is 6.10 Å². The second kappa shape index (κ2) is 5.75. The molecule has 0 saturated carbocycles. The molecule has 106 valence electrons. The molecule has 0 bridgehead atoms. The zero-order chi connectivity index (χ0) is 13.9. The fourth-order valence-corrected chi connectivity index (χ4v) is 2.79. The fraction of sp³-hybridized carbons (Fsp3) is 0.438. The summed E-state index contributed by atoms with van der Waals surface area (Å²) < 4.78 is 18.8. The summed E-state index contributed by atoms with van der Waals surface area (Å²) in [5, 5.41) is 0.793. The number of hydrogen-bond acceptors (Lipinski definition) is 2. The third-order valence-electron chi connectivity index (χ3n) is 3.91. The Hall–Kier alpha value is -1.68. The van der Waals surface area contributed by atoms with Gasteiger partial charge in [0.1, 0.15) is 5.82 Å². The lowest BCUT2D eigenvalue weighted by atomic mass is 10.00. The molecule has 1 fully saturated rings. The van der Waals surface area contributed by atoms with Crippen molar-refractivity contribution in [1.29, 1.82) is 0 Å². The van der Waals surface area contributed by atoms with Gasteiger partial charge < -0.3 is 9.72 Å². The normalized spacial score (nSPS) is 19.4. The highest BCUT2D eigenvalue weighted by atomic mass is 19.1. The quantitative estimate of drug-likeness (QED) is 0.861. The average molecular weight is 275 g/mol. The van der Waals surface area contributed by atoms with E-state index in [2.05, 4.69) is 4.98 Å². The molecule has 1 atom stereocenters. The number of benzene rings is 1. The summed E-state index contributed by atoms with van der Waals surface area (Å²) in [6, 6.07) is 4.46. The van der Waals surface area contributed by atoms with Gasteiger partial charge >= 0.3 is 0 Å². The second-order valence-electron chi connectivity index (χ2n) is 5.34. The lowest BCUT2D eigenvalue weighted by molar-refractivity contribution is 0.0104. The maximum atomic E-state index is 13.1. The molecule has 20 heavy (non-hydrogen) atoms. The van der Waals surface area contributed by atoms with Gasteiger partial charge in [-0.1, -0.05) is 0 Å². The number of fused-ring (bicyclic) bond motifs is 1. The zero-order valence-electron chi connectivity index (χ0n) is 11.3. The molecule has 0 aliphatic carbocycles. The van der Waals surface area contributed by atoms with E-state index in [0.29, 0.717) is 17.5 Å². The van der Waals surface area contributed by atoms with E-state index in [9.17, 15) is 9.18 Å². The highest BCUT2D eigenvalue weighted by molar-refractivity contribution is 6.07. The topological polar surface area (TPSA) is 42.1 Å². The highest BCUT2D eigenvalue weighted by Crippen LogP contribution is 2.23. The van der Waals surface area contributed by atoms with E-state index in [1.54, 1.807) is 12.3 Å². The molecule has 2 aromatic rings. The van der Waals surface area contributed by atoms with Crippen molar-refractivity contribution in [3.8, 4) is 0 Å². The van der Waals surface area contributed by atoms with Gasteiger partial charge in [0.2, 0.25) is 0 Å². The van der Waals surface area contributed by atoms with Gasteiger partial charge in [-0.3, -0.25) is 4.79 Å². The van der Waals surface area contributed by atoms with E-state index < -0.39 is 0 Å². The van der Waals surface area contributed by atoms with Crippen molar-refractivity contribution in [2.75, 3.05) is 6.61 Å². The van der Waals surface area contributed by atoms with Crippen molar-refractivity contribution in [3.63, 3.8) is 0 Å². The smallest absolute Gasteiger partial charge is 0.165 e. The molecule has 1 aromatic carbocycles. The third kappa shape index (κ3) is 2.75. The van der Waals surface area contributed by atoms with Crippen LogP contribution in [0.2, 0.25) is 0 Å². The molecule has 0 spiro atoms. The fourth-order valence-electron chi connectivity index (χ4n) is 2.79. The SMILES string of the molecule is O=C(CCC1CCCCO1)c1c[nH]c2cc(F)ccc12. The van der Waals surface area contributed by atoms with Crippen LogP contribution in [0.15, 0.2) is 24.4 Å². The van der Waals surface area contributed by atoms with Gasteiger partial charge in [-0.2, -0.15) is 0 Å². The molecule has 1 aromatic heterocycles. The number of carbonyl (C=O) groups excluding carboxylic acids is 1. The third-order valence-corrected chi connectivity index (χ3v) is 3.91. The first-order valence-electron chi connectivity index (χ1n) is 7.15. The van der Waals surface area contributed by atoms with Crippen molar-refractivity contribution < 1.29 is 13.9 Å². The molecular weight excluding hydrogens is 257 g/mol. The Morgan fingerprint density at radius 2 is 2.30 bits per heavy atom. The molecule has 1 aliphatic heterocycles. The van der Waals surface area contributed by atoms with Gasteiger partial charge in [-0.15, -0.1) is 0 Å². The van der Waals surface area contributed by atoms with Crippen LogP contribution >= 0.6 is 0 Å². The summed E-state index contributed by atoms with van der Waals surface area (Å²) in [5.74, 6) is -0.203. The summed E-state index contributed by atoms with van der Waals surface area (Å²) in [5.41, 5.74) is 1.32. The lowest BCUT2D eigenvalue weighted by Gasteiger charge is -2.22. The summed E-state index contributed by atoms with van der Waals surface area (Å²) >= 11 is 0. The van der Waals surface area contributed by atoms with E-state index in [1.807, 2.05) is 0 Å². The van der Waals surface area contributed by atoms with Crippen LogP contribution in [0.4, 0.5) is 4.39 Å². The minimum absolute atomic E-state index is 0.0945. The maximum Gasteiger partial charge on any atom is 0.165 e. The minimum Gasteiger partial charge on any atom is -0.378 e. The van der Waals surface area contributed by atoms with Crippen LogP contribution in [0.1, 0.15) is 42.5 Å². The molecule has 0 amide bonds. The molecule has 1 aliphatic rings. The predicted molar refractivity (Wildman–Crippen MR) is 75.4 cm³/mol. The van der Waals surface area contributed by atoms with Crippen LogP contribution < -0.4 is 0 Å².